The van der Waals surface area contributed by atoms with Gasteiger partial charge < -0.3 is 29.3 Å². The molecule has 3 unspecified atom stereocenters. The largest absolute Gasteiger partial charge is 0.472 e. The lowest BCUT2D eigenvalue weighted by molar-refractivity contribution is -0.161. The molecule has 1 aliphatic rings. The van der Waals surface area contributed by atoms with Gasteiger partial charge in [-0.25, -0.2) is 4.57 Å². The van der Waals surface area contributed by atoms with Gasteiger partial charge in [0.05, 0.1) is 32.0 Å². The molecule has 3 N–H and O–H groups in total. The molecule has 0 radical (unpaired) electrons. The normalized spacial score (nSPS) is 18.2. The molecule has 0 saturated carbocycles. The SMILES string of the molecule is CCCCC/C=C\C/C=C\C/C=C\CCCCC(=O)O[C@H](COC(=O)CCC/C=C\C/C=C\CC1OC1C/C=C\CCCCC)COP(=O)(O)OC[C@@H](O)CO. The second-order valence-corrected chi connectivity index (χ2v) is 15.5. The lowest BCUT2D eigenvalue weighted by atomic mass is 10.1. The van der Waals surface area contributed by atoms with Crippen molar-refractivity contribution in [1.82, 2.24) is 0 Å². The predicted octanol–water partition coefficient (Wildman–Crippen LogP) is 9.87. The smallest absolute Gasteiger partial charge is 0.462 e. The van der Waals surface area contributed by atoms with Crippen molar-refractivity contribution in [3.05, 3.63) is 72.9 Å². The number of ether oxygens (including phenoxy) is 3. The van der Waals surface area contributed by atoms with Crippen LogP contribution in [0.4, 0.5) is 0 Å². The summed E-state index contributed by atoms with van der Waals surface area (Å²) < 4.78 is 38.3. The number of aliphatic hydroxyl groups is 2. The van der Waals surface area contributed by atoms with Gasteiger partial charge in [-0.15, -0.1) is 0 Å². The maximum Gasteiger partial charge on any atom is 0.472 e. The fourth-order valence-corrected chi connectivity index (χ4v) is 6.12. The number of unbranched alkanes of at least 4 members (excludes halogenated alkanes) is 9. The standard InChI is InChI=1S/C44H73O11P/c1-3-5-7-9-11-12-13-14-15-16-17-18-21-26-30-34-44(48)54-40(38-53-56(49,50)52-36-39(46)35-45)37-51-43(47)33-29-25-22-19-20-24-28-32-42-41(55-42)31-27-23-10-8-6-4-2/h11-12,14-15,17-19,22-24,27-28,39-42,45-46H,3-10,13,16,20-21,25-26,29-38H2,1-2H3,(H,49,50)/b12-11-,15-14-,18-17-,22-19-,27-23-,28-24-/t39-,40+,41?,42?/m0/s1. The van der Waals surface area contributed by atoms with Crippen molar-refractivity contribution in [3.63, 3.8) is 0 Å². The monoisotopic (exact) mass is 808 g/mol. The summed E-state index contributed by atoms with van der Waals surface area (Å²) >= 11 is 0. The van der Waals surface area contributed by atoms with Crippen LogP contribution in [0.2, 0.25) is 0 Å². The molecule has 1 saturated heterocycles. The summed E-state index contributed by atoms with van der Waals surface area (Å²) in [4.78, 5) is 34.9. The van der Waals surface area contributed by atoms with Crippen molar-refractivity contribution in [2.75, 3.05) is 26.4 Å². The molecular weight excluding hydrogens is 735 g/mol. The molecule has 1 heterocycles. The van der Waals surface area contributed by atoms with E-state index in [4.69, 9.17) is 23.8 Å². The van der Waals surface area contributed by atoms with E-state index in [1.54, 1.807) is 0 Å². The van der Waals surface area contributed by atoms with Gasteiger partial charge in [0.2, 0.25) is 0 Å². The van der Waals surface area contributed by atoms with Crippen LogP contribution in [0.3, 0.4) is 0 Å². The summed E-state index contributed by atoms with van der Waals surface area (Å²) in [7, 11) is -4.65. The third-order valence-electron chi connectivity index (χ3n) is 8.74. The van der Waals surface area contributed by atoms with Crippen LogP contribution in [0.15, 0.2) is 72.9 Å². The average Bonchev–Trinajstić information content (AvgIpc) is 3.94. The zero-order valence-corrected chi connectivity index (χ0v) is 35.2. The summed E-state index contributed by atoms with van der Waals surface area (Å²) in [6.45, 7) is 2.18. The number of hydrogen-bond acceptors (Lipinski definition) is 10. The number of epoxide rings is 1. The molecular formula is C44H73O11P. The topological polar surface area (TPSA) is 161 Å². The Morgan fingerprint density at radius 1 is 0.625 bits per heavy atom. The van der Waals surface area contributed by atoms with Gasteiger partial charge in [-0.1, -0.05) is 112 Å². The molecule has 0 aromatic carbocycles. The van der Waals surface area contributed by atoms with E-state index in [2.05, 4.69) is 85.2 Å². The minimum atomic E-state index is -4.65. The molecule has 11 nitrogen and oxygen atoms in total. The highest BCUT2D eigenvalue weighted by Gasteiger charge is 2.36. The third kappa shape index (κ3) is 32.5. The molecule has 0 bridgehead atoms. The van der Waals surface area contributed by atoms with E-state index in [1.165, 1.54) is 38.5 Å². The first-order valence-corrected chi connectivity index (χ1v) is 22.5. The Hall–Kier alpha value is -2.63. The summed E-state index contributed by atoms with van der Waals surface area (Å²) in [5.41, 5.74) is 0. The Labute approximate surface area is 337 Å². The van der Waals surface area contributed by atoms with Crippen molar-refractivity contribution < 1.29 is 52.5 Å². The number of phosphoric acid groups is 1. The highest BCUT2D eigenvalue weighted by atomic mass is 31.2. The lowest BCUT2D eigenvalue weighted by Crippen LogP contribution is -2.29. The number of aliphatic hydroxyl groups excluding tert-OH is 2. The van der Waals surface area contributed by atoms with E-state index in [-0.39, 0.29) is 19.4 Å². The summed E-state index contributed by atoms with van der Waals surface area (Å²) in [5.74, 6) is -1.05. The van der Waals surface area contributed by atoms with Crippen molar-refractivity contribution in [2.24, 2.45) is 0 Å². The van der Waals surface area contributed by atoms with E-state index >= 15 is 0 Å². The number of rotatable bonds is 37. The first-order chi connectivity index (χ1) is 27.2. The van der Waals surface area contributed by atoms with E-state index in [1.807, 2.05) is 6.08 Å². The fraction of sp³-hybridized carbons (Fsp3) is 0.682. The van der Waals surface area contributed by atoms with Gasteiger partial charge in [0, 0.05) is 12.8 Å². The second kappa shape index (κ2) is 35.5. The zero-order chi connectivity index (χ0) is 41.0. The van der Waals surface area contributed by atoms with E-state index in [9.17, 15) is 24.2 Å². The third-order valence-corrected chi connectivity index (χ3v) is 9.69. The Kier molecular flexibility index (Phi) is 32.6. The summed E-state index contributed by atoms with van der Waals surface area (Å²) in [5, 5.41) is 18.3. The predicted molar refractivity (Wildman–Crippen MR) is 223 cm³/mol. The van der Waals surface area contributed by atoms with E-state index in [0.717, 1.165) is 57.8 Å². The summed E-state index contributed by atoms with van der Waals surface area (Å²) in [6, 6.07) is 0. The Balaban J connectivity index is 2.34. The molecule has 0 spiro atoms. The number of phosphoric ester groups is 1. The molecule has 56 heavy (non-hydrogen) atoms. The van der Waals surface area contributed by atoms with Crippen LogP contribution in [0.5, 0.6) is 0 Å². The maximum absolute atomic E-state index is 12.6. The molecule has 0 aliphatic carbocycles. The van der Waals surface area contributed by atoms with Gasteiger partial charge in [0.15, 0.2) is 6.10 Å². The number of carbonyl (C=O) groups excluding carboxylic acids is 2. The van der Waals surface area contributed by atoms with Crippen molar-refractivity contribution in [2.45, 2.75) is 167 Å². The van der Waals surface area contributed by atoms with Gasteiger partial charge in [-0.2, -0.15) is 0 Å². The van der Waals surface area contributed by atoms with Gasteiger partial charge in [0.1, 0.15) is 12.7 Å². The molecule has 0 amide bonds. The highest BCUT2D eigenvalue weighted by Crippen LogP contribution is 2.43. The van der Waals surface area contributed by atoms with Gasteiger partial charge in [0.25, 0.3) is 0 Å². The molecule has 0 aromatic rings. The quantitative estimate of drug-likeness (QED) is 0.0180. The molecule has 12 heteroatoms. The highest BCUT2D eigenvalue weighted by molar-refractivity contribution is 7.47. The second-order valence-electron chi connectivity index (χ2n) is 14.0. The molecule has 1 aliphatic heterocycles. The maximum atomic E-state index is 12.6. The molecule has 0 aromatic heterocycles. The summed E-state index contributed by atoms with van der Waals surface area (Å²) in [6.07, 6.45) is 41.9. The zero-order valence-electron chi connectivity index (χ0n) is 34.3. The van der Waals surface area contributed by atoms with E-state index in [0.29, 0.717) is 31.5 Å². The number of carbonyl (C=O) groups is 2. The van der Waals surface area contributed by atoms with Crippen LogP contribution in [-0.2, 0) is 37.4 Å². The average molecular weight is 809 g/mol. The van der Waals surface area contributed by atoms with Crippen LogP contribution in [0, 0.1) is 0 Å². The van der Waals surface area contributed by atoms with Crippen molar-refractivity contribution in [1.29, 1.82) is 0 Å². The van der Waals surface area contributed by atoms with Crippen LogP contribution in [0.25, 0.3) is 0 Å². The molecule has 5 atom stereocenters. The first-order valence-electron chi connectivity index (χ1n) is 21.0. The fourth-order valence-electron chi connectivity index (χ4n) is 5.33. The Morgan fingerprint density at radius 3 is 1.66 bits per heavy atom. The molecule has 320 valence electrons. The Morgan fingerprint density at radius 2 is 1.09 bits per heavy atom. The first kappa shape index (κ1) is 51.4. The van der Waals surface area contributed by atoms with Crippen molar-refractivity contribution >= 4 is 19.8 Å². The number of hydrogen-bond donors (Lipinski definition) is 3. The molecule has 1 rings (SSSR count). The van der Waals surface area contributed by atoms with Crippen LogP contribution in [0.1, 0.15) is 142 Å². The Bertz CT molecular complexity index is 1230. The van der Waals surface area contributed by atoms with Crippen LogP contribution < -0.4 is 0 Å². The van der Waals surface area contributed by atoms with E-state index < -0.39 is 51.8 Å². The minimum Gasteiger partial charge on any atom is -0.462 e. The molecule has 1 fully saturated rings. The van der Waals surface area contributed by atoms with Crippen LogP contribution >= 0.6 is 7.82 Å². The van der Waals surface area contributed by atoms with Gasteiger partial charge in [-0.3, -0.25) is 18.6 Å². The van der Waals surface area contributed by atoms with Gasteiger partial charge in [-0.05, 0) is 89.9 Å². The van der Waals surface area contributed by atoms with Crippen LogP contribution in [-0.4, -0.2) is 77.9 Å². The van der Waals surface area contributed by atoms with Crippen molar-refractivity contribution in [3.8, 4) is 0 Å². The lowest BCUT2D eigenvalue weighted by Gasteiger charge is -2.20. The minimum absolute atomic E-state index is 0.117. The number of esters is 2. The number of allylic oxidation sites excluding steroid dienone is 10. The van der Waals surface area contributed by atoms with Gasteiger partial charge >= 0.3 is 19.8 Å².